The van der Waals surface area contributed by atoms with Gasteiger partial charge >= 0.3 is 11.7 Å². The zero-order chi connectivity index (χ0) is 27.7. The fraction of sp³-hybridized carbons (Fsp3) is 0.462. The first kappa shape index (κ1) is 28.1. The first-order chi connectivity index (χ1) is 17.4. The number of amides is 1. The quantitative estimate of drug-likeness (QED) is 0.411. The van der Waals surface area contributed by atoms with Gasteiger partial charge in [0.15, 0.2) is 0 Å². The Hall–Kier alpha value is -3.44. The molecule has 2 aromatic heterocycles. The van der Waals surface area contributed by atoms with Crippen molar-refractivity contribution in [2.75, 3.05) is 13.7 Å². The zero-order valence-corrected chi connectivity index (χ0v) is 22.9. The smallest absolute Gasteiger partial charge is 0.333 e. The van der Waals surface area contributed by atoms with Gasteiger partial charge in [-0.15, -0.1) is 11.3 Å². The molecule has 2 N–H and O–H groups in total. The molecule has 1 amide bonds. The van der Waals surface area contributed by atoms with Crippen LogP contribution in [-0.2, 0) is 21.6 Å². The molecule has 1 atom stereocenters. The topological polar surface area (TPSA) is 129 Å². The van der Waals surface area contributed by atoms with Gasteiger partial charge in [0.2, 0.25) is 0 Å². The average molecular weight is 532 g/mol. The van der Waals surface area contributed by atoms with Gasteiger partial charge in [0, 0.05) is 12.1 Å². The summed E-state index contributed by atoms with van der Waals surface area (Å²) in [4.78, 5) is 52.9. The van der Waals surface area contributed by atoms with E-state index in [2.05, 4.69) is 5.32 Å². The van der Waals surface area contributed by atoms with E-state index in [0.29, 0.717) is 23.4 Å². The first-order valence-electron chi connectivity index (χ1n) is 12.0. The number of carboxylic acids is 1. The van der Waals surface area contributed by atoms with Gasteiger partial charge in [-0.2, -0.15) is 0 Å². The molecule has 0 radical (unpaired) electrons. The highest BCUT2D eigenvalue weighted by molar-refractivity contribution is 7.20. The lowest BCUT2D eigenvalue weighted by molar-refractivity contribution is -0.146. The van der Waals surface area contributed by atoms with Gasteiger partial charge in [-0.25, -0.2) is 14.2 Å². The highest BCUT2D eigenvalue weighted by atomic mass is 32.1. The standard InChI is InChI=1S/C26H33N3O7S/c1-8-27-21(30)20-15(4)19-22(31)29(26(5,6)24(32)33)25(34)28(23(19)37-20)13-18(36-14(2)3)16-11-9-10-12-17(16)35-7/h9-12,14,18H,8,13H2,1-7H3,(H,27,30)(H,32,33)/t18-/m0/s1. The number of fused-ring (bicyclic) bond motifs is 1. The molecule has 0 aliphatic heterocycles. The van der Waals surface area contributed by atoms with Crippen LogP contribution >= 0.6 is 11.3 Å². The van der Waals surface area contributed by atoms with Crippen molar-refractivity contribution in [3.8, 4) is 5.75 Å². The van der Waals surface area contributed by atoms with E-state index in [1.54, 1.807) is 19.9 Å². The Bertz CT molecular complexity index is 1450. The monoisotopic (exact) mass is 531 g/mol. The molecule has 0 unspecified atom stereocenters. The molecule has 10 nitrogen and oxygen atoms in total. The minimum Gasteiger partial charge on any atom is -0.496 e. The van der Waals surface area contributed by atoms with Gasteiger partial charge < -0.3 is 19.9 Å². The summed E-state index contributed by atoms with van der Waals surface area (Å²) in [6.45, 7) is 10.0. The van der Waals surface area contributed by atoms with E-state index in [0.717, 1.165) is 15.9 Å². The SMILES string of the molecule is CCNC(=O)c1sc2c(c1C)c(=O)n(C(C)(C)C(=O)O)c(=O)n2C[C@H](OC(C)C)c1ccccc1OC. The number of nitrogens with one attached hydrogen (secondary N) is 1. The summed E-state index contributed by atoms with van der Waals surface area (Å²) in [5.41, 5.74) is -2.33. The number of carbonyl (C=O) groups excluding carboxylic acids is 1. The second-order valence-electron chi connectivity index (χ2n) is 9.41. The third-order valence-corrected chi connectivity index (χ3v) is 7.42. The number of aryl methyl sites for hydroxylation is 1. The van der Waals surface area contributed by atoms with Crippen LogP contribution in [-0.4, -0.2) is 45.9 Å². The minimum absolute atomic E-state index is 0.0430. The number of aliphatic carboxylic acids is 1. The lowest BCUT2D eigenvalue weighted by Gasteiger charge is -2.26. The Morgan fingerprint density at radius 3 is 2.41 bits per heavy atom. The molecule has 0 fully saturated rings. The number of para-hydroxylation sites is 1. The lowest BCUT2D eigenvalue weighted by atomic mass is 10.0. The van der Waals surface area contributed by atoms with Crippen molar-refractivity contribution in [2.45, 2.75) is 65.8 Å². The van der Waals surface area contributed by atoms with Crippen molar-refractivity contribution >= 4 is 33.4 Å². The van der Waals surface area contributed by atoms with Crippen LogP contribution in [0.2, 0.25) is 0 Å². The molecule has 0 saturated carbocycles. The van der Waals surface area contributed by atoms with Crippen molar-refractivity contribution in [1.29, 1.82) is 0 Å². The van der Waals surface area contributed by atoms with Crippen molar-refractivity contribution < 1.29 is 24.2 Å². The molecule has 0 saturated heterocycles. The summed E-state index contributed by atoms with van der Waals surface area (Å²) in [5.74, 6) is -1.15. The summed E-state index contributed by atoms with van der Waals surface area (Å²) < 4.78 is 13.8. The van der Waals surface area contributed by atoms with Gasteiger partial charge in [0.1, 0.15) is 22.2 Å². The third-order valence-electron chi connectivity index (χ3n) is 6.11. The van der Waals surface area contributed by atoms with Crippen LogP contribution in [0.3, 0.4) is 0 Å². The number of methoxy groups -OCH3 is 1. The van der Waals surface area contributed by atoms with Gasteiger partial charge in [-0.3, -0.25) is 14.2 Å². The molecule has 3 rings (SSSR count). The summed E-state index contributed by atoms with van der Waals surface area (Å²) in [6, 6.07) is 7.24. The Morgan fingerprint density at radius 1 is 1.19 bits per heavy atom. The number of benzene rings is 1. The number of rotatable bonds is 10. The van der Waals surface area contributed by atoms with Crippen molar-refractivity contribution in [2.24, 2.45) is 0 Å². The number of hydrogen-bond donors (Lipinski definition) is 2. The van der Waals surface area contributed by atoms with E-state index < -0.39 is 28.9 Å². The highest BCUT2D eigenvalue weighted by Crippen LogP contribution is 2.33. The van der Waals surface area contributed by atoms with Crippen LogP contribution in [0.25, 0.3) is 10.2 Å². The molecule has 1 aromatic carbocycles. The third kappa shape index (κ3) is 5.19. The van der Waals surface area contributed by atoms with Crippen LogP contribution in [0.15, 0.2) is 33.9 Å². The molecule has 37 heavy (non-hydrogen) atoms. The van der Waals surface area contributed by atoms with Crippen LogP contribution in [0.5, 0.6) is 5.75 Å². The summed E-state index contributed by atoms with van der Waals surface area (Å²) in [5, 5.41) is 12.7. The van der Waals surface area contributed by atoms with Crippen LogP contribution in [0.4, 0.5) is 0 Å². The maximum absolute atomic E-state index is 13.9. The number of nitrogens with zero attached hydrogens (tertiary/aromatic N) is 2. The van der Waals surface area contributed by atoms with E-state index in [1.165, 1.54) is 25.5 Å². The fourth-order valence-corrected chi connectivity index (χ4v) is 5.41. The van der Waals surface area contributed by atoms with Gasteiger partial charge in [0.25, 0.3) is 11.5 Å². The van der Waals surface area contributed by atoms with E-state index in [4.69, 9.17) is 9.47 Å². The molecular weight excluding hydrogens is 498 g/mol. The summed E-state index contributed by atoms with van der Waals surface area (Å²) in [6.07, 6.45) is -0.898. The number of carbonyl (C=O) groups is 2. The van der Waals surface area contributed by atoms with Crippen molar-refractivity contribution in [3.63, 3.8) is 0 Å². The Kier molecular flexibility index (Phi) is 8.28. The molecule has 11 heteroatoms. The van der Waals surface area contributed by atoms with Crippen molar-refractivity contribution in [1.82, 2.24) is 14.5 Å². The maximum Gasteiger partial charge on any atom is 0.333 e. The number of hydrogen-bond acceptors (Lipinski definition) is 7. The Labute approximate surface area is 218 Å². The average Bonchev–Trinajstić information content (AvgIpc) is 3.18. The predicted octanol–water partition coefficient (Wildman–Crippen LogP) is 3.28. The maximum atomic E-state index is 13.9. The highest BCUT2D eigenvalue weighted by Gasteiger charge is 2.36. The lowest BCUT2D eigenvalue weighted by Crippen LogP contribution is -2.52. The molecule has 0 bridgehead atoms. The summed E-state index contributed by atoms with van der Waals surface area (Å²) >= 11 is 1.02. The molecule has 3 aromatic rings. The summed E-state index contributed by atoms with van der Waals surface area (Å²) in [7, 11) is 1.53. The predicted molar refractivity (Wildman–Crippen MR) is 142 cm³/mol. The number of thiophene rings is 1. The molecule has 0 aliphatic rings. The Morgan fingerprint density at radius 2 is 1.84 bits per heavy atom. The van der Waals surface area contributed by atoms with E-state index in [-0.39, 0.29) is 33.6 Å². The minimum atomic E-state index is -1.84. The molecule has 2 heterocycles. The second kappa shape index (κ2) is 10.9. The zero-order valence-electron chi connectivity index (χ0n) is 22.1. The van der Waals surface area contributed by atoms with Gasteiger partial charge in [0.05, 0.1) is 30.0 Å². The second-order valence-corrected chi connectivity index (χ2v) is 10.4. The van der Waals surface area contributed by atoms with Crippen LogP contribution < -0.4 is 21.3 Å². The van der Waals surface area contributed by atoms with Crippen LogP contribution in [0, 0.1) is 6.92 Å². The number of ether oxygens (including phenoxy) is 2. The number of aromatic nitrogens is 2. The fourth-order valence-electron chi connectivity index (χ4n) is 4.19. The van der Waals surface area contributed by atoms with E-state index in [1.807, 2.05) is 32.0 Å². The number of carboxylic acid groups (broad SMARTS) is 1. The van der Waals surface area contributed by atoms with Gasteiger partial charge in [-0.1, -0.05) is 18.2 Å². The molecular formula is C26H33N3O7S. The van der Waals surface area contributed by atoms with E-state index in [9.17, 15) is 24.3 Å². The first-order valence-corrected chi connectivity index (χ1v) is 12.8. The molecule has 0 aliphatic carbocycles. The van der Waals surface area contributed by atoms with Gasteiger partial charge in [-0.05, 0) is 53.2 Å². The van der Waals surface area contributed by atoms with Crippen LogP contribution in [0.1, 0.15) is 61.5 Å². The van der Waals surface area contributed by atoms with Crippen molar-refractivity contribution in [3.05, 3.63) is 61.1 Å². The molecule has 200 valence electrons. The molecule has 0 spiro atoms. The Balaban J connectivity index is 2.41. The largest absolute Gasteiger partial charge is 0.496 e. The van der Waals surface area contributed by atoms with E-state index >= 15 is 0 Å². The normalized spacial score (nSPS) is 12.6.